The lowest BCUT2D eigenvalue weighted by Crippen LogP contribution is -2.52. The lowest BCUT2D eigenvalue weighted by Gasteiger charge is -2.40. The second-order valence-electron chi connectivity index (χ2n) is 4.82. The SMILES string of the molecule is CCC(CC)(CC(=O)N1CC(CO)C1)C(=O)O. The van der Waals surface area contributed by atoms with Crippen LogP contribution in [0.4, 0.5) is 0 Å². The van der Waals surface area contributed by atoms with Gasteiger partial charge in [0, 0.05) is 32.0 Å². The van der Waals surface area contributed by atoms with E-state index in [1.54, 1.807) is 18.7 Å². The fourth-order valence-corrected chi connectivity index (χ4v) is 2.17. The fourth-order valence-electron chi connectivity index (χ4n) is 2.17. The lowest BCUT2D eigenvalue weighted by molar-refractivity contribution is -0.156. The summed E-state index contributed by atoms with van der Waals surface area (Å²) < 4.78 is 0. The van der Waals surface area contributed by atoms with E-state index in [0.717, 1.165) is 0 Å². The second kappa shape index (κ2) is 5.49. The van der Waals surface area contributed by atoms with Crippen LogP contribution in [0, 0.1) is 11.3 Å². The number of carboxylic acids is 1. The summed E-state index contributed by atoms with van der Waals surface area (Å²) in [4.78, 5) is 24.8. The standard InChI is InChI=1S/C12H21NO4/c1-3-12(4-2,11(16)17)5-10(15)13-6-9(7-13)8-14/h9,14H,3-8H2,1-2H3,(H,16,17). The van der Waals surface area contributed by atoms with E-state index in [9.17, 15) is 14.7 Å². The zero-order chi connectivity index (χ0) is 13.1. The molecule has 0 aromatic heterocycles. The number of likely N-dealkylation sites (tertiary alicyclic amines) is 1. The number of hydrogen-bond donors (Lipinski definition) is 2. The Hall–Kier alpha value is -1.10. The summed E-state index contributed by atoms with van der Waals surface area (Å²) in [6, 6.07) is 0. The zero-order valence-electron chi connectivity index (χ0n) is 10.5. The highest BCUT2D eigenvalue weighted by atomic mass is 16.4. The molecule has 1 aliphatic heterocycles. The van der Waals surface area contributed by atoms with Crippen LogP contribution in [0.5, 0.6) is 0 Å². The fraction of sp³-hybridized carbons (Fsp3) is 0.833. The third-order valence-corrected chi connectivity index (χ3v) is 3.86. The lowest BCUT2D eigenvalue weighted by atomic mass is 9.78. The summed E-state index contributed by atoms with van der Waals surface area (Å²) in [5.41, 5.74) is -0.929. The molecule has 0 atom stereocenters. The van der Waals surface area contributed by atoms with E-state index in [2.05, 4.69) is 0 Å². The van der Waals surface area contributed by atoms with Crippen molar-refractivity contribution in [2.24, 2.45) is 11.3 Å². The van der Waals surface area contributed by atoms with E-state index in [1.165, 1.54) is 0 Å². The van der Waals surface area contributed by atoms with E-state index in [-0.39, 0.29) is 24.9 Å². The quantitative estimate of drug-likeness (QED) is 0.720. The van der Waals surface area contributed by atoms with Gasteiger partial charge in [-0.2, -0.15) is 0 Å². The number of amides is 1. The number of aliphatic hydroxyl groups is 1. The van der Waals surface area contributed by atoms with Crippen LogP contribution >= 0.6 is 0 Å². The maximum Gasteiger partial charge on any atom is 0.310 e. The molecule has 0 aromatic rings. The summed E-state index contributed by atoms with van der Waals surface area (Å²) in [6.45, 7) is 4.81. The maximum absolute atomic E-state index is 11.9. The second-order valence-corrected chi connectivity index (χ2v) is 4.82. The topological polar surface area (TPSA) is 77.8 Å². The molecule has 1 aliphatic rings. The molecule has 0 spiro atoms. The number of hydrogen-bond acceptors (Lipinski definition) is 3. The first kappa shape index (κ1) is 14.0. The molecular formula is C12H21NO4. The Morgan fingerprint density at radius 1 is 1.29 bits per heavy atom. The summed E-state index contributed by atoms with van der Waals surface area (Å²) in [5, 5.41) is 18.1. The number of aliphatic hydroxyl groups excluding tert-OH is 1. The molecule has 0 saturated carbocycles. The van der Waals surface area contributed by atoms with Crippen molar-refractivity contribution in [3.05, 3.63) is 0 Å². The number of carbonyl (C=O) groups is 2. The number of nitrogens with zero attached hydrogens (tertiary/aromatic N) is 1. The largest absolute Gasteiger partial charge is 0.481 e. The summed E-state index contributed by atoms with van der Waals surface area (Å²) in [6.07, 6.45) is 0.983. The van der Waals surface area contributed by atoms with Crippen LogP contribution in [0.3, 0.4) is 0 Å². The first-order valence-electron chi connectivity index (χ1n) is 6.11. The Morgan fingerprint density at radius 2 is 1.82 bits per heavy atom. The number of carbonyl (C=O) groups excluding carboxylic acids is 1. The number of carboxylic acid groups (broad SMARTS) is 1. The minimum Gasteiger partial charge on any atom is -0.481 e. The van der Waals surface area contributed by atoms with Crippen LogP contribution in [0.1, 0.15) is 33.1 Å². The van der Waals surface area contributed by atoms with Gasteiger partial charge in [-0.25, -0.2) is 0 Å². The third kappa shape index (κ3) is 2.77. The van der Waals surface area contributed by atoms with Gasteiger partial charge in [-0.1, -0.05) is 13.8 Å². The van der Waals surface area contributed by atoms with Gasteiger partial charge in [0.25, 0.3) is 0 Å². The average Bonchev–Trinajstić information content (AvgIpc) is 2.24. The molecule has 5 heteroatoms. The number of rotatable bonds is 6. The average molecular weight is 243 g/mol. The highest BCUT2D eigenvalue weighted by Gasteiger charge is 2.40. The molecule has 0 aromatic carbocycles. The van der Waals surface area contributed by atoms with Crippen LogP contribution in [0.2, 0.25) is 0 Å². The Balaban J connectivity index is 2.57. The van der Waals surface area contributed by atoms with Crippen molar-refractivity contribution in [1.29, 1.82) is 0 Å². The van der Waals surface area contributed by atoms with Crippen molar-refractivity contribution in [3.63, 3.8) is 0 Å². The molecule has 1 rings (SSSR count). The predicted octanol–water partition coefficient (Wildman–Crippen LogP) is 0.718. The van der Waals surface area contributed by atoms with Crippen molar-refractivity contribution in [2.45, 2.75) is 33.1 Å². The van der Waals surface area contributed by atoms with Gasteiger partial charge in [-0.3, -0.25) is 9.59 Å². The van der Waals surface area contributed by atoms with Gasteiger partial charge >= 0.3 is 5.97 Å². The van der Waals surface area contributed by atoms with Crippen LogP contribution in [-0.4, -0.2) is 46.7 Å². The summed E-state index contributed by atoms with van der Waals surface area (Å²) in [7, 11) is 0. The highest BCUT2D eigenvalue weighted by Crippen LogP contribution is 2.32. The Bertz CT molecular complexity index is 293. The molecule has 5 nitrogen and oxygen atoms in total. The molecule has 1 heterocycles. The van der Waals surface area contributed by atoms with Crippen molar-refractivity contribution in [1.82, 2.24) is 4.90 Å². The van der Waals surface area contributed by atoms with E-state index in [4.69, 9.17) is 5.11 Å². The van der Waals surface area contributed by atoms with Gasteiger partial charge in [0.15, 0.2) is 0 Å². The normalized spacial score (nSPS) is 16.8. The van der Waals surface area contributed by atoms with Gasteiger partial charge in [-0.15, -0.1) is 0 Å². The Labute approximate surface area is 101 Å². The molecule has 0 radical (unpaired) electrons. The van der Waals surface area contributed by atoms with E-state index in [1.807, 2.05) is 0 Å². The minimum absolute atomic E-state index is 0.0630. The first-order chi connectivity index (χ1) is 7.99. The molecule has 1 saturated heterocycles. The molecule has 0 unspecified atom stereocenters. The molecule has 1 amide bonds. The summed E-state index contributed by atoms with van der Waals surface area (Å²) in [5.74, 6) is -0.836. The Kier molecular flexibility index (Phi) is 4.51. The van der Waals surface area contributed by atoms with Gasteiger partial charge < -0.3 is 15.1 Å². The predicted molar refractivity (Wildman–Crippen MR) is 62.4 cm³/mol. The third-order valence-electron chi connectivity index (χ3n) is 3.86. The molecule has 0 aliphatic carbocycles. The Morgan fingerprint density at radius 3 is 2.18 bits per heavy atom. The molecular weight excluding hydrogens is 222 g/mol. The number of aliphatic carboxylic acids is 1. The van der Waals surface area contributed by atoms with Gasteiger partial charge in [0.2, 0.25) is 5.91 Å². The van der Waals surface area contributed by atoms with Crippen LogP contribution in [-0.2, 0) is 9.59 Å². The van der Waals surface area contributed by atoms with Crippen LogP contribution in [0.25, 0.3) is 0 Å². The first-order valence-corrected chi connectivity index (χ1v) is 6.11. The van der Waals surface area contributed by atoms with Crippen LogP contribution in [0.15, 0.2) is 0 Å². The molecule has 2 N–H and O–H groups in total. The van der Waals surface area contributed by atoms with Crippen molar-refractivity contribution in [3.8, 4) is 0 Å². The van der Waals surface area contributed by atoms with E-state index in [0.29, 0.717) is 25.9 Å². The molecule has 17 heavy (non-hydrogen) atoms. The zero-order valence-corrected chi connectivity index (χ0v) is 10.5. The van der Waals surface area contributed by atoms with E-state index >= 15 is 0 Å². The van der Waals surface area contributed by atoms with Gasteiger partial charge in [0.1, 0.15) is 0 Å². The smallest absolute Gasteiger partial charge is 0.310 e. The van der Waals surface area contributed by atoms with Crippen LogP contribution < -0.4 is 0 Å². The molecule has 0 bridgehead atoms. The highest BCUT2D eigenvalue weighted by molar-refractivity contribution is 5.85. The summed E-state index contributed by atoms with van der Waals surface area (Å²) >= 11 is 0. The van der Waals surface area contributed by atoms with E-state index < -0.39 is 11.4 Å². The molecule has 1 fully saturated rings. The monoisotopic (exact) mass is 243 g/mol. The van der Waals surface area contributed by atoms with Crippen molar-refractivity contribution < 1.29 is 19.8 Å². The maximum atomic E-state index is 11.9. The van der Waals surface area contributed by atoms with Gasteiger partial charge in [0.05, 0.1) is 5.41 Å². The minimum atomic E-state index is -0.929. The van der Waals surface area contributed by atoms with Crippen molar-refractivity contribution >= 4 is 11.9 Å². The van der Waals surface area contributed by atoms with Gasteiger partial charge in [-0.05, 0) is 12.8 Å². The van der Waals surface area contributed by atoms with Crippen molar-refractivity contribution in [2.75, 3.05) is 19.7 Å². The molecule has 98 valence electrons.